The molecule has 1 aromatic heterocycles. The topological polar surface area (TPSA) is 37.4 Å². The lowest BCUT2D eigenvalue weighted by molar-refractivity contribution is -0.139. The fourth-order valence-corrected chi connectivity index (χ4v) is 3.01. The summed E-state index contributed by atoms with van der Waals surface area (Å²) in [6.07, 6.45) is 2.65. The van der Waals surface area contributed by atoms with E-state index < -0.39 is 0 Å². The molecule has 0 fully saturated rings. The van der Waals surface area contributed by atoms with E-state index in [0.717, 1.165) is 10.4 Å². The van der Waals surface area contributed by atoms with Crippen molar-refractivity contribution in [3.63, 3.8) is 0 Å². The summed E-state index contributed by atoms with van der Waals surface area (Å²) in [6, 6.07) is 1.86. The number of nitrogens with zero attached hydrogens (tertiary/aromatic N) is 1. The standard InChI is InChI=1S/C12H13NO2S/c1-7-6-10(9(3)16-7)8(2)13-11(14)4-5-12(13)15/h4-6,8H,1-3H3. The summed E-state index contributed by atoms with van der Waals surface area (Å²) in [4.78, 5) is 26.7. The molecule has 1 aliphatic rings. The van der Waals surface area contributed by atoms with Crippen LogP contribution in [0.2, 0.25) is 0 Å². The molecule has 3 nitrogen and oxygen atoms in total. The number of rotatable bonds is 2. The van der Waals surface area contributed by atoms with E-state index in [9.17, 15) is 9.59 Å². The second-order valence-corrected chi connectivity index (χ2v) is 5.38. The molecule has 0 aliphatic carbocycles. The van der Waals surface area contributed by atoms with Crippen LogP contribution in [0, 0.1) is 13.8 Å². The zero-order valence-corrected chi connectivity index (χ0v) is 10.3. The number of carbonyl (C=O) groups excluding carboxylic acids is 2. The molecule has 16 heavy (non-hydrogen) atoms. The fraction of sp³-hybridized carbons (Fsp3) is 0.333. The molecule has 1 unspecified atom stereocenters. The van der Waals surface area contributed by atoms with Crippen LogP contribution in [0.1, 0.15) is 28.3 Å². The normalized spacial score (nSPS) is 17.3. The van der Waals surface area contributed by atoms with Crippen LogP contribution in [0.5, 0.6) is 0 Å². The lowest BCUT2D eigenvalue weighted by atomic mass is 10.1. The zero-order chi connectivity index (χ0) is 11.9. The molecular weight excluding hydrogens is 222 g/mol. The first-order valence-electron chi connectivity index (χ1n) is 5.13. The summed E-state index contributed by atoms with van der Waals surface area (Å²) in [5.74, 6) is -0.443. The minimum absolute atomic E-state index is 0.181. The molecular formula is C12H13NO2S. The van der Waals surface area contributed by atoms with Crippen molar-refractivity contribution in [2.45, 2.75) is 26.8 Å². The highest BCUT2D eigenvalue weighted by molar-refractivity contribution is 7.12. The molecule has 1 aromatic rings. The van der Waals surface area contributed by atoms with E-state index in [0.29, 0.717) is 0 Å². The van der Waals surface area contributed by atoms with Gasteiger partial charge in [-0.05, 0) is 32.4 Å². The van der Waals surface area contributed by atoms with Crippen LogP contribution in [-0.2, 0) is 9.59 Å². The first-order valence-corrected chi connectivity index (χ1v) is 5.94. The SMILES string of the molecule is Cc1cc(C(C)N2C(=O)C=CC2=O)c(C)s1. The Morgan fingerprint density at radius 1 is 1.19 bits per heavy atom. The van der Waals surface area contributed by atoms with Gasteiger partial charge in [0.25, 0.3) is 11.8 Å². The molecule has 0 radical (unpaired) electrons. The van der Waals surface area contributed by atoms with Crippen molar-refractivity contribution in [3.8, 4) is 0 Å². The Hall–Kier alpha value is -1.42. The number of thiophene rings is 1. The van der Waals surface area contributed by atoms with Gasteiger partial charge in [-0.25, -0.2) is 0 Å². The molecule has 1 atom stereocenters. The third-order valence-corrected chi connectivity index (χ3v) is 3.74. The number of aryl methyl sites for hydroxylation is 2. The molecule has 84 valence electrons. The highest BCUT2D eigenvalue weighted by atomic mass is 32.1. The second kappa shape index (κ2) is 3.87. The Morgan fingerprint density at radius 2 is 1.75 bits per heavy atom. The van der Waals surface area contributed by atoms with Crippen molar-refractivity contribution in [2.75, 3.05) is 0 Å². The van der Waals surface area contributed by atoms with Gasteiger partial charge in [-0.2, -0.15) is 0 Å². The number of carbonyl (C=O) groups is 2. The molecule has 0 N–H and O–H groups in total. The Labute approximate surface area is 98.4 Å². The fourth-order valence-electron chi connectivity index (χ4n) is 2.00. The van der Waals surface area contributed by atoms with Crippen molar-refractivity contribution in [1.29, 1.82) is 0 Å². The number of hydrogen-bond acceptors (Lipinski definition) is 3. The average molecular weight is 235 g/mol. The van der Waals surface area contributed by atoms with Crippen molar-refractivity contribution >= 4 is 23.2 Å². The predicted octanol–water partition coefficient (Wildman–Crippen LogP) is 2.35. The van der Waals surface area contributed by atoms with E-state index in [1.54, 1.807) is 11.3 Å². The van der Waals surface area contributed by atoms with Gasteiger partial charge in [-0.1, -0.05) is 0 Å². The van der Waals surface area contributed by atoms with E-state index in [1.807, 2.05) is 26.8 Å². The van der Waals surface area contributed by atoms with Gasteiger partial charge in [0.1, 0.15) is 0 Å². The smallest absolute Gasteiger partial charge is 0.254 e. The van der Waals surface area contributed by atoms with Crippen LogP contribution in [0.3, 0.4) is 0 Å². The maximum absolute atomic E-state index is 11.5. The molecule has 0 aromatic carbocycles. The second-order valence-electron chi connectivity index (χ2n) is 3.92. The van der Waals surface area contributed by atoms with Gasteiger partial charge in [0.2, 0.25) is 0 Å². The summed E-state index contributed by atoms with van der Waals surface area (Å²) < 4.78 is 0. The molecule has 2 heterocycles. The maximum atomic E-state index is 11.5. The third kappa shape index (κ3) is 1.69. The van der Waals surface area contributed by atoms with Crippen LogP contribution in [0.4, 0.5) is 0 Å². The molecule has 0 spiro atoms. The van der Waals surface area contributed by atoms with Gasteiger partial charge in [0.15, 0.2) is 0 Å². The Morgan fingerprint density at radius 3 is 2.19 bits per heavy atom. The van der Waals surface area contributed by atoms with Gasteiger partial charge in [-0.3, -0.25) is 14.5 Å². The Balaban J connectivity index is 2.32. The van der Waals surface area contributed by atoms with Crippen LogP contribution >= 0.6 is 11.3 Å². The van der Waals surface area contributed by atoms with Gasteiger partial charge in [0.05, 0.1) is 6.04 Å². The van der Waals surface area contributed by atoms with E-state index in [1.165, 1.54) is 21.9 Å². The largest absolute Gasteiger partial charge is 0.269 e. The molecule has 0 bridgehead atoms. The quantitative estimate of drug-likeness (QED) is 0.738. The number of imide groups is 1. The molecule has 0 saturated carbocycles. The zero-order valence-electron chi connectivity index (χ0n) is 9.48. The van der Waals surface area contributed by atoms with E-state index in [-0.39, 0.29) is 17.9 Å². The van der Waals surface area contributed by atoms with Gasteiger partial charge in [0, 0.05) is 21.9 Å². The number of hydrogen-bond donors (Lipinski definition) is 0. The summed E-state index contributed by atoms with van der Waals surface area (Å²) in [5, 5.41) is 0. The Kier molecular flexibility index (Phi) is 2.68. The summed E-state index contributed by atoms with van der Waals surface area (Å²) >= 11 is 1.69. The summed E-state index contributed by atoms with van der Waals surface area (Å²) in [7, 11) is 0. The van der Waals surface area contributed by atoms with Crippen LogP contribution < -0.4 is 0 Å². The monoisotopic (exact) mass is 235 g/mol. The predicted molar refractivity (Wildman–Crippen MR) is 63.2 cm³/mol. The molecule has 2 amide bonds. The lowest BCUT2D eigenvalue weighted by Gasteiger charge is -2.22. The molecule has 2 rings (SSSR count). The van der Waals surface area contributed by atoms with Crippen molar-refractivity contribution in [3.05, 3.63) is 33.5 Å². The van der Waals surface area contributed by atoms with E-state index in [2.05, 4.69) is 0 Å². The summed E-state index contributed by atoms with van der Waals surface area (Å²) in [5.41, 5.74) is 1.06. The van der Waals surface area contributed by atoms with Crippen molar-refractivity contribution in [1.82, 2.24) is 4.90 Å². The minimum atomic E-state index is -0.222. The van der Waals surface area contributed by atoms with Gasteiger partial charge in [-0.15, -0.1) is 11.3 Å². The first-order chi connectivity index (χ1) is 7.50. The van der Waals surface area contributed by atoms with Crippen molar-refractivity contribution in [2.24, 2.45) is 0 Å². The molecule has 0 saturated heterocycles. The van der Waals surface area contributed by atoms with Crippen LogP contribution in [0.25, 0.3) is 0 Å². The van der Waals surface area contributed by atoms with Crippen LogP contribution in [-0.4, -0.2) is 16.7 Å². The van der Waals surface area contributed by atoms with E-state index in [4.69, 9.17) is 0 Å². The van der Waals surface area contributed by atoms with E-state index >= 15 is 0 Å². The minimum Gasteiger partial charge on any atom is -0.269 e. The maximum Gasteiger partial charge on any atom is 0.254 e. The molecule has 4 heteroatoms. The lowest BCUT2D eigenvalue weighted by Crippen LogP contribution is -2.32. The molecule has 1 aliphatic heterocycles. The first kappa shape index (κ1) is 11.1. The van der Waals surface area contributed by atoms with Gasteiger partial charge >= 0.3 is 0 Å². The number of amides is 2. The van der Waals surface area contributed by atoms with Crippen LogP contribution in [0.15, 0.2) is 18.2 Å². The van der Waals surface area contributed by atoms with Crippen molar-refractivity contribution < 1.29 is 9.59 Å². The average Bonchev–Trinajstić information content (AvgIpc) is 2.70. The Bertz CT molecular complexity index is 469. The van der Waals surface area contributed by atoms with Gasteiger partial charge < -0.3 is 0 Å². The highest BCUT2D eigenvalue weighted by Crippen LogP contribution is 2.31. The summed E-state index contributed by atoms with van der Waals surface area (Å²) in [6.45, 7) is 5.93. The highest BCUT2D eigenvalue weighted by Gasteiger charge is 2.30. The third-order valence-electron chi connectivity index (χ3n) is 2.76.